The van der Waals surface area contributed by atoms with E-state index in [0.717, 1.165) is 15.9 Å². The van der Waals surface area contributed by atoms with Crippen molar-refractivity contribution in [2.24, 2.45) is 0 Å². The Morgan fingerprint density at radius 3 is 2.21 bits per heavy atom. The molecular formula is C38H37F6N5O4. The normalized spacial score (nSPS) is 19.7. The first-order chi connectivity index (χ1) is 25.0. The number of H-pyrrole nitrogens is 1. The number of carbonyl (C=O) groups is 2. The molecule has 0 aliphatic carbocycles. The van der Waals surface area contributed by atoms with Gasteiger partial charge in [0.15, 0.2) is 5.82 Å². The zero-order chi connectivity index (χ0) is 37.9. The molecule has 53 heavy (non-hydrogen) atoms. The van der Waals surface area contributed by atoms with E-state index in [1.165, 1.54) is 30.3 Å². The Balaban J connectivity index is 1.30. The first-order valence-electron chi connectivity index (χ1n) is 17.1. The lowest BCUT2D eigenvalue weighted by Gasteiger charge is -2.28. The van der Waals surface area contributed by atoms with E-state index in [4.69, 9.17) is 9.47 Å². The lowest BCUT2D eigenvalue weighted by molar-refractivity contribution is -0.00251. The van der Waals surface area contributed by atoms with E-state index in [9.17, 15) is 27.2 Å². The molecule has 0 spiro atoms. The second-order valence-electron chi connectivity index (χ2n) is 14.8. The molecule has 3 aromatic carbocycles. The van der Waals surface area contributed by atoms with Gasteiger partial charge in [-0.05, 0) is 68.7 Å². The predicted molar refractivity (Wildman–Crippen MR) is 184 cm³/mol. The molecule has 280 valence electrons. The van der Waals surface area contributed by atoms with Crippen LogP contribution < -0.4 is 0 Å². The number of fused-ring (bicyclic) bond motifs is 2. The number of aromatic amines is 1. The molecule has 2 aliphatic rings. The van der Waals surface area contributed by atoms with Crippen LogP contribution in [0.15, 0.2) is 66.7 Å². The van der Waals surface area contributed by atoms with Crippen LogP contribution in [0.1, 0.15) is 44.7 Å². The van der Waals surface area contributed by atoms with E-state index in [-0.39, 0.29) is 42.1 Å². The highest BCUT2D eigenvalue weighted by Crippen LogP contribution is 2.40. The zero-order valence-electron chi connectivity index (χ0n) is 29.1. The molecule has 2 saturated heterocycles. The SMILES string of the molecule is CC(C)(C)OC(=O)N1CC(F)(F)C[C@H]1Cn1c(-c2[nH]c3cc(F)ccc3c2C[C@@H]2CC(F)(F)CN2C(=O)OCc2ccccc2)nc2cc(F)ccc21. The molecule has 5 aromatic rings. The van der Waals surface area contributed by atoms with Crippen LogP contribution >= 0.6 is 0 Å². The van der Waals surface area contributed by atoms with Gasteiger partial charge in [-0.3, -0.25) is 9.80 Å². The summed E-state index contributed by atoms with van der Waals surface area (Å²) in [6, 6.07) is 14.3. The summed E-state index contributed by atoms with van der Waals surface area (Å²) < 4.78 is 102. The zero-order valence-corrected chi connectivity index (χ0v) is 29.1. The minimum atomic E-state index is -3.24. The number of nitrogens with one attached hydrogen (secondary N) is 1. The number of hydrogen-bond acceptors (Lipinski definition) is 5. The van der Waals surface area contributed by atoms with Crippen molar-refractivity contribution in [2.75, 3.05) is 13.1 Å². The standard InChI is InChI=1S/C38H37F6N5O4/c1-36(2,3)53-35(51)49-21-38(43,44)17-26(49)18-47-31-12-10-24(40)14-30(31)46-33(47)32-28(27-11-9-23(39)13-29(27)45-32)15-25-16-37(41,42)20-48(25)34(50)52-19-22-7-5-4-6-8-22/h4-14,25-26,45H,15-21H2,1-3H3/t25-,26+/m1/s1. The van der Waals surface area contributed by atoms with Crippen LogP contribution in [0.5, 0.6) is 0 Å². The van der Waals surface area contributed by atoms with Gasteiger partial charge in [0.1, 0.15) is 23.8 Å². The summed E-state index contributed by atoms with van der Waals surface area (Å²) in [5.41, 5.74) is 1.11. The van der Waals surface area contributed by atoms with Gasteiger partial charge in [0.2, 0.25) is 0 Å². The number of nitrogens with zero attached hydrogens (tertiary/aromatic N) is 4. The van der Waals surface area contributed by atoms with Gasteiger partial charge < -0.3 is 19.0 Å². The summed E-state index contributed by atoms with van der Waals surface area (Å²) in [5, 5.41) is 0.446. The van der Waals surface area contributed by atoms with Crippen LogP contribution in [0.2, 0.25) is 0 Å². The summed E-state index contributed by atoms with van der Waals surface area (Å²) in [5.74, 6) is -7.57. The highest BCUT2D eigenvalue weighted by atomic mass is 19.3. The van der Waals surface area contributed by atoms with Gasteiger partial charge in [-0.2, -0.15) is 0 Å². The molecule has 1 N–H and O–H groups in total. The average Bonchev–Trinajstić information content (AvgIpc) is 3.79. The number of aromatic nitrogens is 3. The number of alkyl halides is 4. The Morgan fingerprint density at radius 2 is 1.51 bits per heavy atom. The number of hydrogen-bond donors (Lipinski definition) is 1. The monoisotopic (exact) mass is 741 g/mol. The van der Waals surface area contributed by atoms with E-state index in [1.54, 1.807) is 55.7 Å². The van der Waals surface area contributed by atoms with Gasteiger partial charge in [0, 0.05) is 42.4 Å². The summed E-state index contributed by atoms with van der Waals surface area (Å²) in [6.07, 6.45) is -3.41. The van der Waals surface area contributed by atoms with Crippen LogP contribution in [0.25, 0.3) is 33.5 Å². The lowest BCUT2D eigenvalue weighted by atomic mass is 9.99. The average molecular weight is 742 g/mol. The summed E-state index contributed by atoms with van der Waals surface area (Å²) in [4.78, 5) is 36.2. The van der Waals surface area contributed by atoms with Crippen molar-refractivity contribution in [3.05, 3.63) is 89.5 Å². The van der Waals surface area contributed by atoms with Crippen molar-refractivity contribution in [1.29, 1.82) is 0 Å². The Bertz CT molecular complexity index is 2180. The third kappa shape index (κ3) is 7.65. The molecule has 2 fully saturated rings. The smallest absolute Gasteiger partial charge is 0.410 e. The van der Waals surface area contributed by atoms with Crippen molar-refractivity contribution >= 4 is 34.1 Å². The Labute approximate surface area is 300 Å². The molecule has 0 radical (unpaired) electrons. The molecule has 2 atom stereocenters. The maximum Gasteiger partial charge on any atom is 0.410 e. The van der Waals surface area contributed by atoms with E-state index in [0.29, 0.717) is 22.0 Å². The molecule has 2 aliphatic heterocycles. The molecule has 4 heterocycles. The van der Waals surface area contributed by atoms with Crippen LogP contribution in [0.4, 0.5) is 35.9 Å². The number of ether oxygens (including phenoxy) is 2. The fraction of sp³-hybridized carbons (Fsp3) is 0.395. The van der Waals surface area contributed by atoms with E-state index in [1.807, 2.05) is 0 Å². The molecule has 7 rings (SSSR count). The molecule has 0 unspecified atom stereocenters. The van der Waals surface area contributed by atoms with Gasteiger partial charge in [0.25, 0.3) is 11.8 Å². The fourth-order valence-corrected chi connectivity index (χ4v) is 7.25. The van der Waals surface area contributed by atoms with Crippen molar-refractivity contribution in [3.63, 3.8) is 0 Å². The van der Waals surface area contributed by atoms with Gasteiger partial charge >= 0.3 is 12.2 Å². The van der Waals surface area contributed by atoms with Gasteiger partial charge in [-0.1, -0.05) is 30.3 Å². The maximum atomic E-state index is 15.1. The number of amides is 2. The van der Waals surface area contributed by atoms with Crippen LogP contribution in [0, 0.1) is 11.6 Å². The predicted octanol–water partition coefficient (Wildman–Crippen LogP) is 8.70. The van der Waals surface area contributed by atoms with Gasteiger partial charge in [-0.25, -0.2) is 40.9 Å². The number of imidazole rings is 1. The molecule has 2 amide bonds. The summed E-state index contributed by atoms with van der Waals surface area (Å²) in [6.45, 7) is 2.73. The summed E-state index contributed by atoms with van der Waals surface area (Å²) in [7, 11) is 0. The first kappa shape index (κ1) is 36.2. The highest BCUT2D eigenvalue weighted by Gasteiger charge is 2.50. The molecule has 2 aromatic heterocycles. The number of rotatable bonds is 7. The highest BCUT2D eigenvalue weighted by molar-refractivity contribution is 5.92. The van der Waals surface area contributed by atoms with Crippen molar-refractivity contribution in [3.8, 4) is 11.5 Å². The van der Waals surface area contributed by atoms with E-state index >= 15 is 8.78 Å². The van der Waals surface area contributed by atoms with Crippen LogP contribution in [-0.4, -0.2) is 79.1 Å². The molecule has 0 saturated carbocycles. The second-order valence-corrected chi connectivity index (χ2v) is 14.8. The quantitative estimate of drug-likeness (QED) is 0.169. The molecular weight excluding hydrogens is 704 g/mol. The maximum absolute atomic E-state index is 15.1. The number of carbonyl (C=O) groups excluding carboxylic acids is 2. The Morgan fingerprint density at radius 1 is 0.868 bits per heavy atom. The van der Waals surface area contributed by atoms with Crippen molar-refractivity contribution in [2.45, 2.75) is 82.7 Å². The van der Waals surface area contributed by atoms with E-state index < -0.39 is 79.3 Å². The van der Waals surface area contributed by atoms with Crippen LogP contribution in [0.3, 0.4) is 0 Å². The molecule has 15 heteroatoms. The largest absolute Gasteiger partial charge is 0.445 e. The topological polar surface area (TPSA) is 92.7 Å². The Hall–Kier alpha value is -5.21. The minimum Gasteiger partial charge on any atom is -0.445 e. The minimum absolute atomic E-state index is 0.111. The molecule has 0 bridgehead atoms. The first-order valence-corrected chi connectivity index (χ1v) is 17.1. The van der Waals surface area contributed by atoms with Crippen molar-refractivity contribution < 1.29 is 45.4 Å². The second kappa shape index (κ2) is 13.3. The van der Waals surface area contributed by atoms with Crippen molar-refractivity contribution in [1.82, 2.24) is 24.3 Å². The number of likely N-dealkylation sites (tertiary alicyclic amines) is 2. The number of halogens is 6. The lowest BCUT2D eigenvalue weighted by Crippen LogP contribution is -2.42. The summed E-state index contributed by atoms with van der Waals surface area (Å²) >= 11 is 0. The molecule has 9 nitrogen and oxygen atoms in total. The van der Waals surface area contributed by atoms with Crippen LogP contribution in [-0.2, 0) is 29.0 Å². The number of benzene rings is 3. The Kier molecular flexibility index (Phi) is 9.09. The van der Waals surface area contributed by atoms with Gasteiger partial charge in [0.05, 0.1) is 35.9 Å². The third-order valence-corrected chi connectivity index (χ3v) is 9.46. The van der Waals surface area contributed by atoms with E-state index in [2.05, 4.69) is 9.97 Å². The third-order valence-electron chi connectivity index (χ3n) is 9.46. The fourth-order valence-electron chi connectivity index (χ4n) is 7.25. The van der Waals surface area contributed by atoms with Gasteiger partial charge in [-0.15, -0.1) is 0 Å².